The monoisotopic (exact) mass is 329 g/mol. The highest BCUT2D eigenvalue weighted by Gasteiger charge is 2.24. The largest absolute Gasteiger partial charge is 0.454 e. The topological polar surface area (TPSA) is 56.6 Å². The SMILES string of the molecule is Cc1cc(C(=O)N(Cc2cccc3c2OCO3)CC(C)C)n(C)n1. The summed E-state index contributed by atoms with van der Waals surface area (Å²) in [5.41, 5.74) is 2.39. The minimum absolute atomic E-state index is 0.0247. The molecular formula is C18H23N3O3. The third-order valence-electron chi connectivity index (χ3n) is 3.93. The molecule has 2 aromatic rings. The van der Waals surface area contributed by atoms with Crippen molar-refractivity contribution < 1.29 is 14.3 Å². The van der Waals surface area contributed by atoms with Crippen LogP contribution in [0.3, 0.4) is 0 Å². The maximum Gasteiger partial charge on any atom is 0.272 e. The molecule has 1 aliphatic heterocycles. The molecule has 128 valence electrons. The summed E-state index contributed by atoms with van der Waals surface area (Å²) in [6, 6.07) is 7.60. The summed E-state index contributed by atoms with van der Waals surface area (Å²) in [7, 11) is 1.80. The zero-order chi connectivity index (χ0) is 17.3. The summed E-state index contributed by atoms with van der Waals surface area (Å²) in [5, 5.41) is 4.28. The van der Waals surface area contributed by atoms with E-state index in [-0.39, 0.29) is 12.7 Å². The molecule has 0 spiro atoms. The molecule has 0 radical (unpaired) electrons. The van der Waals surface area contributed by atoms with Crippen LogP contribution in [0.5, 0.6) is 11.5 Å². The average molecular weight is 329 g/mol. The Morgan fingerprint density at radius 3 is 2.83 bits per heavy atom. The minimum atomic E-state index is -0.0247. The van der Waals surface area contributed by atoms with Crippen molar-refractivity contribution in [3.05, 3.63) is 41.2 Å². The number of ether oxygens (including phenoxy) is 2. The highest BCUT2D eigenvalue weighted by atomic mass is 16.7. The van der Waals surface area contributed by atoms with Gasteiger partial charge in [-0.15, -0.1) is 0 Å². The smallest absolute Gasteiger partial charge is 0.272 e. The second-order valence-electron chi connectivity index (χ2n) is 6.53. The van der Waals surface area contributed by atoms with Gasteiger partial charge in [0.2, 0.25) is 6.79 Å². The predicted octanol–water partition coefficient (Wildman–Crippen LogP) is 2.76. The molecule has 1 aliphatic rings. The number of hydrogen-bond donors (Lipinski definition) is 0. The van der Waals surface area contributed by atoms with Crippen molar-refractivity contribution >= 4 is 5.91 Å². The van der Waals surface area contributed by atoms with E-state index in [1.54, 1.807) is 11.7 Å². The van der Waals surface area contributed by atoms with E-state index in [4.69, 9.17) is 9.47 Å². The van der Waals surface area contributed by atoms with Crippen molar-refractivity contribution in [1.82, 2.24) is 14.7 Å². The van der Waals surface area contributed by atoms with E-state index in [2.05, 4.69) is 18.9 Å². The van der Waals surface area contributed by atoms with Gasteiger partial charge in [-0.2, -0.15) is 5.10 Å². The van der Waals surface area contributed by atoms with Gasteiger partial charge in [0.25, 0.3) is 5.91 Å². The van der Waals surface area contributed by atoms with E-state index in [1.165, 1.54) is 0 Å². The van der Waals surface area contributed by atoms with E-state index in [0.717, 1.165) is 22.8 Å². The first kappa shape index (κ1) is 16.4. The molecular weight excluding hydrogens is 306 g/mol. The molecule has 1 aromatic carbocycles. The van der Waals surface area contributed by atoms with E-state index in [9.17, 15) is 4.79 Å². The van der Waals surface area contributed by atoms with Gasteiger partial charge in [0.05, 0.1) is 5.69 Å². The lowest BCUT2D eigenvalue weighted by molar-refractivity contribution is 0.0710. The van der Waals surface area contributed by atoms with E-state index in [0.29, 0.717) is 24.7 Å². The quantitative estimate of drug-likeness (QED) is 0.846. The van der Waals surface area contributed by atoms with Crippen molar-refractivity contribution in [2.75, 3.05) is 13.3 Å². The molecule has 0 saturated carbocycles. The van der Waals surface area contributed by atoms with Crippen molar-refractivity contribution in [3.8, 4) is 11.5 Å². The van der Waals surface area contributed by atoms with Gasteiger partial charge in [0.1, 0.15) is 5.69 Å². The number of carbonyl (C=O) groups is 1. The lowest BCUT2D eigenvalue weighted by Gasteiger charge is -2.25. The standard InChI is InChI=1S/C18H23N3O3/c1-12(2)9-21(18(22)15-8-13(3)19-20(15)4)10-14-6-5-7-16-17(14)24-11-23-16/h5-8,12H,9-11H2,1-4H3. The van der Waals surface area contributed by atoms with Crippen LogP contribution in [0.2, 0.25) is 0 Å². The summed E-state index contributed by atoms with van der Waals surface area (Å²) < 4.78 is 12.6. The van der Waals surface area contributed by atoms with Crippen molar-refractivity contribution in [2.45, 2.75) is 27.3 Å². The van der Waals surface area contributed by atoms with Gasteiger partial charge in [0.15, 0.2) is 11.5 Å². The zero-order valence-electron chi connectivity index (χ0n) is 14.6. The van der Waals surface area contributed by atoms with E-state index < -0.39 is 0 Å². The molecule has 3 rings (SSSR count). The van der Waals surface area contributed by atoms with Gasteiger partial charge in [-0.1, -0.05) is 26.0 Å². The Morgan fingerprint density at radius 1 is 1.38 bits per heavy atom. The Morgan fingerprint density at radius 2 is 2.17 bits per heavy atom. The Labute approximate surface area is 142 Å². The predicted molar refractivity (Wildman–Crippen MR) is 90.1 cm³/mol. The van der Waals surface area contributed by atoms with Crippen LogP contribution in [-0.2, 0) is 13.6 Å². The lowest BCUT2D eigenvalue weighted by Crippen LogP contribution is -2.35. The van der Waals surface area contributed by atoms with Crippen LogP contribution in [-0.4, -0.2) is 33.9 Å². The van der Waals surface area contributed by atoms with Gasteiger partial charge >= 0.3 is 0 Å². The number of amides is 1. The van der Waals surface area contributed by atoms with Crippen LogP contribution in [0, 0.1) is 12.8 Å². The number of nitrogens with zero attached hydrogens (tertiary/aromatic N) is 3. The summed E-state index contributed by atoms with van der Waals surface area (Å²) in [5.74, 6) is 1.81. The molecule has 24 heavy (non-hydrogen) atoms. The van der Waals surface area contributed by atoms with Crippen molar-refractivity contribution in [1.29, 1.82) is 0 Å². The zero-order valence-corrected chi connectivity index (χ0v) is 14.6. The second kappa shape index (κ2) is 6.55. The Kier molecular flexibility index (Phi) is 4.46. The van der Waals surface area contributed by atoms with E-state index >= 15 is 0 Å². The van der Waals surface area contributed by atoms with Gasteiger partial charge in [-0.25, -0.2) is 0 Å². The van der Waals surface area contributed by atoms with Gasteiger partial charge in [-0.05, 0) is 25.0 Å². The molecule has 0 unspecified atom stereocenters. The maximum absolute atomic E-state index is 13.0. The molecule has 0 aliphatic carbocycles. The average Bonchev–Trinajstić information content (AvgIpc) is 3.12. The van der Waals surface area contributed by atoms with Crippen LogP contribution in [0.25, 0.3) is 0 Å². The molecule has 0 N–H and O–H groups in total. The van der Waals surface area contributed by atoms with Crippen LogP contribution in [0.1, 0.15) is 35.6 Å². The number of carbonyl (C=O) groups excluding carboxylic acids is 1. The summed E-state index contributed by atoms with van der Waals surface area (Å²) in [6.07, 6.45) is 0. The molecule has 0 bridgehead atoms. The van der Waals surface area contributed by atoms with Gasteiger partial charge < -0.3 is 14.4 Å². The summed E-state index contributed by atoms with van der Waals surface area (Å²) >= 11 is 0. The highest BCUT2D eigenvalue weighted by molar-refractivity contribution is 5.92. The van der Waals surface area contributed by atoms with Gasteiger partial charge in [0, 0.05) is 25.7 Å². The first-order valence-electron chi connectivity index (χ1n) is 8.13. The summed E-state index contributed by atoms with van der Waals surface area (Å²) in [6.45, 7) is 7.46. The third kappa shape index (κ3) is 3.22. The molecule has 1 aromatic heterocycles. The number of hydrogen-bond acceptors (Lipinski definition) is 4. The number of rotatable bonds is 5. The first-order chi connectivity index (χ1) is 11.5. The second-order valence-corrected chi connectivity index (χ2v) is 6.53. The molecule has 0 atom stereocenters. The van der Waals surface area contributed by atoms with Crippen LogP contribution in [0.15, 0.2) is 24.3 Å². The highest BCUT2D eigenvalue weighted by Crippen LogP contribution is 2.36. The molecule has 6 nitrogen and oxygen atoms in total. The Bertz CT molecular complexity index is 752. The first-order valence-corrected chi connectivity index (χ1v) is 8.13. The third-order valence-corrected chi connectivity index (χ3v) is 3.93. The minimum Gasteiger partial charge on any atom is -0.454 e. The van der Waals surface area contributed by atoms with Crippen molar-refractivity contribution in [2.24, 2.45) is 13.0 Å². The fourth-order valence-electron chi connectivity index (χ4n) is 2.95. The number of aryl methyl sites for hydroxylation is 2. The van der Waals surface area contributed by atoms with E-state index in [1.807, 2.05) is 36.1 Å². The molecule has 0 saturated heterocycles. The number of benzene rings is 1. The number of para-hydroxylation sites is 1. The fourth-order valence-corrected chi connectivity index (χ4v) is 2.95. The maximum atomic E-state index is 13.0. The Hall–Kier alpha value is -2.50. The van der Waals surface area contributed by atoms with Crippen LogP contribution < -0.4 is 9.47 Å². The van der Waals surface area contributed by atoms with Crippen molar-refractivity contribution in [3.63, 3.8) is 0 Å². The molecule has 0 fully saturated rings. The van der Waals surface area contributed by atoms with Crippen LogP contribution in [0.4, 0.5) is 0 Å². The Balaban J connectivity index is 1.89. The lowest BCUT2D eigenvalue weighted by atomic mass is 10.1. The summed E-state index contributed by atoms with van der Waals surface area (Å²) in [4.78, 5) is 14.9. The number of fused-ring (bicyclic) bond motifs is 1. The van der Waals surface area contributed by atoms with Crippen LogP contribution >= 0.6 is 0 Å². The number of aromatic nitrogens is 2. The fraction of sp³-hybridized carbons (Fsp3) is 0.444. The molecule has 6 heteroatoms. The van der Waals surface area contributed by atoms with Gasteiger partial charge in [-0.3, -0.25) is 9.48 Å². The molecule has 2 heterocycles. The molecule has 1 amide bonds. The normalized spacial score (nSPS) is 12.7.